The Balaban J connectivity index is 2.40. The Morgan fingerprint density at radius 1 is 1.15 bits per heavy atom. The minimum atomic E-state index is -3.40. The Morgan fingerprint density at radius 2 is 1.85 bits per heavy atom. The van der Waals surface area contributed by atoms with Crippen LogP contribution >= 0.6 is 0 Å². The highest BCUT2D eigenvalue weighted by atomic mass is 32.2. The largest absolute Gasteiger partial charge is 0.477 e. The van der Waals surface area contributed by atoms with Gasteiger partial charge in [-0.05, 0) is 18.2 Å². The zero-order valence-corrected chi connectivity index (χ0v) is 11.3. The van der Waals surface area contributed by atoms with Gasteiger partial charge in [0, 0.05) is 23.6 Å². The molecule has 0 spiro atoms. The summed E-state index contributed by atoms with van der Waals surface area (Å²) in [7, 11) is -3.40. The summed E-state index contributed by atoms with van der Waals surface area (Å²) < 4.78 is 22.9. The number of carboxylic acids is 1. The van der Waals surface area contributed by atoms with E-state index < -0.39 is 21.6 Å². The molecule has 0 amide bonds. The highest BCUT2D eigenvalue weighted by Gasteiger charge is 2.16. The summed E-state index contributed by atoms with van der Waals surface area (Å²) in [6.45, 7) is 0. The second-order valence-corrected chi connectivity index (χ2v) is 6.25. The molecule has 1 heterocycles. The van der Waals surface area contributed by atoms with Gasteiger partial charge in [-0.1, -0.05) is 12.1 Å². The molecule has 1 aromatic heterocycles. The number of hydrogen-bond acceptors (Lipinski definition) is 4. The van der Waals surface area contributed by atoms with Crippen molar-refractivity contribution in [3.63, 3.8) is 0 Å². The zero-order valence-electron chi connectivity index (χ0n) is 10.5. The SMILES string of the molecule is CS(=O)(=O)c1cccc(C(=O)c2c[nH]c(C(=O)O)c2)c1. The van der Waals surface area contributed by atoms with Crippen molar-refractivity contribution in [1.82, 2.24) is 4.98 Å². The molecule has 2 rings (SSSR count). The van der Waals surface area contributed by atoms with E-state index in [1.165, 1.54) is 36.5 Å². The van der Waals surface area contributed by atoms with Gasteiger partial charge < -0.3 is 10.1 Å². The molecule has 0 aliphatic carbocycles. The second-order valence-electron chi connectivity index (χ2n) is 4.24. The number of sulfone groups is 1. The molecular weight excluding hydrogens is 282 g/mol. The van der Waals surface area contributed by atoms with Crippen LogP contribution in [-0.4, -0.2) is 36.5 Å². The van der Waals surface area contributed by atoms with Crippen molar-refractivity contribution in [2.24, 2.45) is 0 Å². The number of nitrogens with one attached hydrogen (secondary N) is 1. The monoisotopic (exact) mass is 293 g/mol. The lowest BCUT2D eigenvalue weighted by Gasteiger charge is -2.02. The molecule has 7 heteroatoms. The van der Waals surface area contributed by atoms with Gasteiger partial charge in [-0.2, -0.15) is 0 Å². The van der Waals surface area contributed by atoms with E-state index in [9.17, 15) is 18.0 Å². The van der Waals surface area contributed by atoms with Crippen LogP contribution in [0.15, 0.2) is 41.4 Å². The summed E-state index contributed by atoms with van der Waals surface area (Å²) in [5.74, 6) is -1.62. The molecule has 1 aromatic carbocycles. The first-order valence-electron chi connectivity index (χ1n) is 5.55. The summed E-state index contributed by atoms with van der Waals surface area (Å²) in [4.78, 5) is 25.4. The third-order valence-electron chi connectivity index (χ3n) is 2.70. The number of aromatic carboxylic acids is 1. The lowest BCUT2D eigenvalue weighted by molar-refractivity contribution is 0.0691. The smallest absolute Gasteiger partial charge is 0.352 e. The van der Waals surface area contributed by atoms with Crippen molar-refractivity contribution >= 4 is 21.6 Å². The molecule has 0 fully saturated rings. The van der Waals surface area contributed by atoms with Crippen molar-refractivity contribution < 1.29 is 23.1 Å². The fourth-order valence-corrected chi connectivity index (χ4v) is 2.35. The molecule has 0 atom stereocenters. The van der Waals surface area contributed by atoms with Crippen molar-refractivity contribution in [2.75, 3.05) is 6.26 Å². The molecule has 0 bridgehead atoms. The van der Waals surface area contributed by atoms with Crippen molar-refractivity contribution in [3.8, 4) is 0 Å². The number of carbonyl (C=O) groups excluding carboxylic acids is 1. The van der Waals surface area contributed by atoms with Crippen LogP contribution in [0.3, 0.4) is 0 Å². The maximum absolute atomic E-state index is 12.2. The van der Waals surface area contributed by atoms with Crippen LogP contribution in [0.1, 0.15) is 26.4 Å². The Labute approximate surface area is 115 Å². The lowest BCUT2D eigenvalue weighted by Crippen LogP contribution is -2.03. The maximum atomic E-state index is 12.2. The average Bonchev–Trinajstić information content (AvgIpc) is 2.87. The summed E-state index contributed by atoms with van der Waals surface area (Å²) >= 11 is 0. The van der Waals surface area contributed by atoms with E-state index in [-0.39, 0.29) is 21.7 Å². The number of carboxylic acid groups (broad SMARTS) is 1. The van der Waals surface area contributed by atoms with Crippen molar-refractivity contribution in [2.45, 2.75) is 4.90 Å². The topological polar surface area (TPSA) is 104 Å². The summed E-state index contributed by atoms with van der Waals surface area (Å²) in [5.41, 5.74) is 0.240. The first-order valence-corrected chi connectivity index (χ1v) is 7.45. The molecule has 2 aromatic rings. The van der Waals surface area contributed by atoms with E-state index >= 15 is 0 Å². The number of benzene rings is 1. The Hall–Kier alpha value is -2.41. The first-order chi connectivity index (χ1) is 9.29. The fourth-order valence-electron chi connectivity index (χ4n) is 1.68. The fraction of sp³-hybridized carbons (Fsp3) is 0.0769. The van der Waals surface area contributed by atoms with Crippen LogP contribution in [0, 0.1) is 0 Å². The standard InChI is InChI=1S/C13H11NO5S/c1-20(18,19)10-4-2-3-8(5-10)12(15)9-6-11(13(16)17)14-7-9/h2-7,14H,1H3,(H,16,17). The van der Waals surface area contributed by atoms with E-state index in [0.29, 0.717) is 0 Å². The van der Waals surface area contributed by atoms with Crippen LogP contribution in [0.5, 0.6) is 0 Å². The second kappa shape index (κ2) is 4.93. The number of carbonyl (C=O) groups is 2. The molecule has 0 saturated carbocycles. The van der Waals surface area contributed by atoms with E-state index in [1.54, 1.807) is 0 Å². The van der Waals surface area contributed by atoms with Gasteiger partial charge in [-0.3, -0.25) is 4.79 Å². The number of aromatic amines is 1. The van der Waals surface area contributed by atoms with Gasteiger partial charge in [0.25, 0.3) is 0 Å². The van der Waals surface area contributed by atoms with Gasteiger partial charge in [0.15, 0.2) is 15.6 Å². The van der Waals surface area contributed by atoms with E-state index in [2.05, 4.69) is 4.98 Å². The molecule has 6 nitrogen and oxygen atoms in total. The molecule has 0 aliphatic heterocycles. The summed E-state index contributed by atoms with van der Waals surface area (Å²) in [6.07, 6.45) is 2.33. The molecule has 0 unspecified atom stereocenters. The lowest BCUT2D eigenvalue weighted by atomic mass is 10.1. The number of rotatable bonds is 4. The predicted octanol–water partition coefficient (Wildman–Crippen LogP) is 1.35. The molecule has 104 valence electrons. The maximum Gasteiger partial charge on any atom is 0.352 e. The van der Waals surface area contributed by atoms with E-state index in [4.69, 9.17) is 5.11 Å². The van der Waals surface area contributed by atoms with Crippen molar-refractivity contribution in [1.29, 1.82) is 0 Å². The normalized spacial score (nSPS) is 11.2. The van der Waals surface area contributed by atoms with E-state index in [1.807, 2.05) is 0 Å². The Bertz CT molecular complexity index is 789. The van der Waals surface area contributed by atoms with Crippen LogP contribution in [0.4, 0.5) is 0 Å². The molecular formula is C13H11NO5S. The average molecular weight is 293 g/mol. The van der Waals surface area contributed by atoms with Gasteiger partial charge in [0.05, 0.1) is 4.90 Å². The Kier molecular flexibility index (Phi) is 3.46. The van der Waals surface area contributed by atoms with Gasteiger partial charge in [0.1, 0.15) is 5.69 Å². The highest BCUT2D eigenvalue weighted by molar-refractivity contribution is 7.90. The van der Waals surface area contributed by atoms with Gasteiger partial charge in [0.2, 0.25) is 0 Å². The molecule has 0 saturated heterocycles. The van der Waals surface area contributed by atoms with Crippen LogP contribution in [0.2, 0.25) is 0 Å². The molecule has 0 radical (unpaired) electrons. The Morgan fingerprint density at radius 3 is 2.40 bits per heavy atom. The third-order valence-corrected chi connectivity index (χ3v) is 3.81. The number of aromatic nitrogens is 1. The van der Waals surface area contributed by atoms with Crippen LogP contribution in [0.25, 0.3) is 0 Å². The predicted molar refractivity (Wildman–Crippen MR) is 70.7 cm³/mol. The summed E-state index contributed by atoms with van der Waals surface area (Å²) in [6, 6.07) is 6.81. The number of H-pyrrole nitrogens is 1. The van der Waals surface area contributed by atoms with Gasteiger partial charge in [-0.25, -0.2) is 13.2 Å². The summed E-state index contributed by atoms with van der Waals surface area (Å²) in [5, 5.41) is 8.78. The van der Waals surface area contributed by atoms with Gasteiger partial charge in [-0.15, -0.1) is 0 Å². The quantitative estimate of drug-likeness (QED) is 0.828. The molecule has 2 N–H and O–H groups in total. The zero-order chi connectivity index (χ0) is 14.9. The highest BCUT2D eigenvalue weighted by Crippen LogP contribution is 2.16. The van der Waals surface area contributed by atoms with Crippen LogP contribution < -0.4 is 0 Å². The van der Waals surface area contributed by atoms with Gasteiger partial charge >= 0.3 is 5.97 Å². The number of hydrogen-bond donors (Lipinski definition) is 2. The molecule has 20 heavy (non-hydrogen) atoms. The minimum absolute atomic E-state index is 0.0392. The first kappa shape index (κ1) is 14.0. The number of ketones is 1. The minimum Gasteiger partial charge on any atom is -0.477 e. The third kappa shape index (κ3) is 2.77. The molecule has 0 aliphatic rings. The van der Waals surface area contributed by atoms with Crippen LogP contribution in [-0.2, 0) is 9.84 Å². The van der Waals surface area contributed by atoms with Crippen molar-refractivity contribution in [3.05, 3.63) is 53.3 Å². The van der Waals surface area contributed by atoms with E-state index in [0.717, 1.165) is 6.26 Å².